The summed E-state index contributed by atoms with van der Waals surface area (Å²) < 4.78 is 11.1. The van der Waals surface area contributed by atoms with Crippen LogP contribution < -0.4 is 10.6 Å². The quantitative estimate of drug-likeness (QED) is 0.613. The van der Waals surface area contributed by atoms with E-state index in [1.807, 2.05) is 24.3 Å². The minimum Gasteiger partial charge on any atom is -0.379 e. The van der Waals surface area contributed by atoms with E-state index in [1.165, 1.54) is 0 Å². The Balaban J connectivity index is 1.72. The molecular weight excluding hydrogens is 292 g/mol. The molecule has 0 aliphatic carbocycles. The van der Waals surface area contributed by atoms with E-state index in [4.69, 9.17) is 14.7 Å². The molecule has 1 fully saturated rings. The first-order chi connectivity index (χ1) is 11.2. The number of hydrogen-bond donors (Lipinski definition) is 2. The molecule has 1 aliphatic rings. The van der Waals surface area contributed by atoms with Crippen LogP contribution in [0.3, 0.4) is 0 Å². The van der Waals surface area contributed by atoms with Crippen molar-refractivity contribution in [3.63, 3.8) is 0 Å². The molecule has 2 N–H and O–H groups in total. The first-order valence-electron chi connectivity index (χ1n) is 7.87. The molecule has 0 radical (unpaired) electrons. The topological polar surface area (TPSA) is 78.7 Å². The van der Waals surface area contributed by atoms with Crippen molar-refractivity contribution in [2.75, 3.05) is 26.9 Å². The van der Waals surface area contributed by atoms with E-state index in [-0.39, 0.29) is 12.1 Å². The lowest BCUT2D eigenvalue weighted by atomic mass is 10.1. The summed E-state index contributed by atoms with van der Waals surface area (Å²) in [5.41, 5.74) is 1.76. The molecule has 124 valence electrons. The predicted molar refractivity (Wildman–Crippen MR) is 89.1 cm³/mol. The first-order valence-corrected chi connectivity index (χ1v) is 7.87. The third-order valence-corrected chi connectivity index (χ3v) is 3.62. The Hall–Kier alpha value is -2.10. The number of nitrogens with one attached hydrogen (secondary N) is 2. The summed E-state index contributed by atoms with van der Waals surface area (Å²) in [5.74, 6) is 0.730. The molecule has 2 atom stereocenters. The van der Waals surface area contributed by atoms with Crippen molar-refractivity contribution < 1.29 is 9.47 Å². The van der Waals surface area contributed by atoms with Gasteiger partial charge in [-0.05, 0) is 31.0 Å². The second kappa shape index (κ2) is 9.13. The van der Waals surface area contributed by atoms with Crippen LogP contribution in [0.25, 0.3) is 0 Å². The van der Waals surface area contributed by atoms with Crippen LogP contribution in [0.1, 0.15) is 24.5 Å². The minimum atomic E-state index is 0.155. The summed E-state index contributed by atoms with van der Waals surface area (Å²) in [7, 11) is 1.74. The van der Waals surface area contributed by atoms with Gasteiger partial charge in [0.25, 0.3) is 0 Å². The highest BCUT2D eigenvalue weighted by Gasteiger charge is 2.17. The lowest BCUT2D eigenvalue weighted by molar-refractivity contribution is 0.0347. The molecule has 1 heterocycles. The summed E-state index contributed by atoms with van der Waals surface area (Å²) in [6.07, 6.45) is 1.19. The Labute approximate surface area is 137 Å². The molecule has 6 heteroatoms. The molecule has 0 spiro atoms. The van der Waals surface area contributed by atoms with Crippen molar-refractivity contribution in [3.05, 3.63) is 35.4 Å². The number of rotatable bonds is 6. The summed E-state index contributed by atoms with van der Waals surface area (Å²) in [4.78, 5) is 4.22. The SMILES string of the molecule is CN=C(NCc1ccc(C#N)cc1)NC(C)COC1CCOC1. The molecule has 23 heavy (non-hydrogen) atoms. The fourth-order valence-corrected chi connectivity index (χ4v) is 2.28. The van der Waals surface area contributed by atoms with Crippen LogP contribution in [0.5, 0.6) is 0 Å². The standard InChI is InChI=1S/C17H24N4O2/c1-13(11-23-16-7-8-22-12-16)21-17(19-2)20-10-15-5-3-14(9-18)4-6-15/h3-6,13,16H,7-8,10-12H2,1-2H3,(H2,19,20,21). The number of benzene rings is 1. The third-order valence-electron chi connectivity index (χ3n) is 3.62. The zero-order valence-corrected chi connectivity index (χ0v) is 13.7. The Morgan fingerprint density at radius 1 is 1.48 bits per heavy atom. The van der Waals surface area contributed by atoms with Crippen molar-refractivity contribution >= 4 is 5.96 Å². The van der Waals surface area contributed by atoms with E-state index in [1.54, 1.807) is 7.05 Å². The van der Waals surface area contributed by atoms with Crippen molar-refractivity contribution in [2.24, 2.45) is 4.99 Å². The molecular formula is C17H24N4O2. The average Bonchev–Trinajstić information content (AvgIpc) is 3.10. The van der Waals surface area contributed by atoms with Gasteiger partial charge in [0.1, 0.15) is 0 Å². The number of hydrogen-bond acceptors (Lipinski definition) is 4. The normalized spacial score (nSPS) is 19.2. The van der Waals surface area contributed by atoms with Gasteiger partial charge in [0.05, 0.1) is 31.0 Å². The van der Waals surface area contributed by atoms with E-state index in [9.17, 15) is 0 Å². The summed E-state index contributed by atoms with van der Waals surface area (Å²) in [6.45, 7) is 4.81. The van der Waals surface area contributed by atoms with Gasteiger partial charge < -0.3 is 20.1 Å². The number of nitrogens with zero attached hydrogens (tertiary/aromatic N) is 2. The summed E-state index contributed by atoms with van der Waals surface area (Å²) in [6, 6.07) is 9.77. The van der Waals surface area contributed by atoms with Crippen LogP contribution >= 0.6 is 0 Å². The van der Waals surface area contributed by atoms with Crippen LogP contribution in [0, 0.1) is 11.3 Å². The molecule has 0 saturated carbocycles. The number of ether oxygens (including phenoxy) is 2. The van der Waals surface area contributed by atoms with Gasteiger partial charge in [-0.3, -0.25) is 4.99 Å². The molecule has 6 nitrogen and oxygen atoms in total. The van der Waals surface area contributed by atoms with Crippen LogP contribution in [0.2, 0.25) is 0 Å². The highest BCUT2D eigenvalue weighted by atomic mass is 16.5. The van der Waals surface area contributed by atoms with Gasteiger partial charge in [-0.15, -0.1) is 0 Å². The van der Waals surface area contributed by atoms with Gasteiger partial charge in [-0.25, -0.2) is 0 Å². The average molecular weight is 316 g/mol. The van der Waals surface area contributed by atoms with Crippen LogP contribution in [0.4, 0.5) is 0 Å². The van der Waals surface area contributed by atoms with Gasteiger partial charge in [0.15, 0.2) is 5.96 Å². The van der Waals surface area contributed by atoms with E-state index in [0.717, 1.165) is 24.6 Å². The molecule has 1 aromatic carbocycles. The van der Waals surface area contributed by atoms with E-state index < -0.39 is 0 Å². The van der Waals surface area contributed by atoms with Crippen molar-refractivity contribution in [1.82, 2.24) is 10.6 Å². The lowest BCUT2D eigenvalue weighted by Crippen LogP contribution is -2.44. The van der Waals surface area contributed by atoms with Gasteiger partial charge >= 0.3 is 0 Å². The maximum atomic E-state index is 8.80. The van der Waals surface area contributed by atoms with Crippen LogP contribution in [-0.4, -0.2) is 45.0 Å². The maximum absolute atomic E-state index is 8.80. The van der Waals surface area contributed by atoms with Gasteiger partial charge in [-0.1, -0.05) is 12.1 Å². The smallest absolute Gasteiger partial charge is 0.191 e. The molecule has 1 aliphatic heterocycles. The summed E-state index contributed by atoms with van der Waals surface area (Å²) >= 11 is 0. The molecule has 2 unspecified atom stereocenters. The fraction of sp³-hybridized carbons (Fsp3) is 0.529. The predicted octanol–water partition coefficient (Wildman–Crippen LogP) is 1.42. The minimum absolute atomic E-state index is 0.155. The molecule has 1 aromatic rings. The number of guanidine groups is 1. The Morgan fingerprint density at radius 3 is 2.87 bits per heavy atom. The van der Waals surface area contributed by atoms with E-state index >= 15 is 0 Å². The highest BCUT2D eigenvalue weighted by molar-refractivity contribution is 5.79. The second-order valence-corrected chi connectivity index (χ2v) is 5.60. The van der Waals surface area contributed by atoms with Gasteiger partial charge in [0.2, 0.25) is 0 Å². The Morgan fingerprint density at radius 2 is 2.26 bits per heavy atom. The molecule has 1 saturated heterocycles. The molecule has 0 bridgehead atoms. The first kappa shape index (κ1) is 17.3. The van der Waals surface area contributed by atoms with Crippen molar-refractivity contribution in [3.8, 4) is 6.07 Å². The third kappa shape index (κ3) is 5.89. The van der Waals surface area contributed by atoms with Gasteiger partial charge in [0, 0.05) is 26.2 Å². The zero-order chi connectivity index (χ0) is 16.5. The second-order valence-electron chi connectivity index (χ2n) is 5.60. The van der Waals surface area contributed by atoms with Crippen LogP contribution in [0.15, 0.2) is 29.3 Å². The van der Waals surface area contributed by atoms with E-state index in [0.29, 0.717) is 25.3 Å². The van der Waals surface area contributed by atoms with E-state index in [2.05, 4.69) is 28.6 Å². The molecule has 0 aromatic heterocycles. The van der Waals surface area contributed by atoms with Crippen LogP contribution in [-0.2, 0) is 16.0 Å². The fourth-order valence-electron chi connectivity index (χ4n) is 2.28. The number of nitriles is 1. The number of aliphatic imine (C=N–C) groups is 1. The van der Waals surface area contributed by atoms with Crippen molar-refractivity contribution in [1.29, 1.82) is 5.26 Å². The zero-order valence-electron chi connectivity index (χ0n) is 13.7. The Bertz CT molecular complexity index is 545. The molecule has 0 amide bonds. The monoisotopic (exact) mass is 316 g/mol. The summed E-state index contributed by atoms with van der Waals surface area (Å²) in [5, 5.41) is 15.4. The highest BCUT2D eigenvalue weighted by Crippen LogP contribution is 2.08. The largest absolute Gasteiger partial charge is 0.379 e. The Kier molecular flexibility index (Phi) is 6.85. The van der Waals surface area contributed by atoms with Crippen molar-refractivity contribution in [2.45, 2.75) is 32.0 Å². The van der Waals surface area contributed by atoms with Gasteiger partial charge in [-0.2, -0.15) is 5.26 Å². The lowest BCUT2D eigenvalue weighted by Gasteiger charge is -2.19. The molecule has 2 rings (SSSR count). The maximum Gasteiger partial charge on any atom is 0.191 e.